The molecule has 0 saturated carbocycles. The average molecular weight is 312 g/mol. The standard InChI is InChI=1S/C18H24N4O/c1-15-3-5-17(6-4-15)20-18(23)14-21-11-7-16(8-12-21)13-22-10-2-9-19-22/h2-6,9-10,16H,7-8,11-14H2,1H3,(H,20,23). The summed E-state index contributed by atoms with van der Waals surface area (Å²) in [5.41, 5.74) is 2.07. The van der Waals surface area contributed by atoms with E-state index in [4.69, 9.17) is 0 Å². The van der Waals surface area contributed by atoms with Crippen LogP contribution in [0.15, 0.2) is 42.7 Å². The van der Waals surface area contributed by atoms with Gasteiger partial charge in [-0.1, -0.05) is 17.7 Å². The summed E-state index contributed by atoms with van der Waals surface area (Å²) in [4.78, 5) is 14.4. The van der Waals surface area contributed by atoms with Gasteiger partial charge >= 0.3 is 0 Å². The molecule has 122 valence electrons. The quantitative estimate of drug-likeness (QED) is 0.923. The van der Waals surface area contributed by atoms with Gasteiger partial charge in [0.05, 0.1) is 6.54 Å². The van der Waals surface area contributed by atoms with Crippen molar-refractivity contribution in [3.8, 4) is 0 Å². The SMILES string of the molecule is Cc1ccc(NC(=O)CN2CCC(Cn3cccn3)CC2)cc1. The highest BCUT2D eigenvalue weighted by atomic mass is 16.2. The molecule has 23 heavy (non-hydrogen) atoms. The summed E-state index contributed by atoms with van der Waals surface area (Å²) in [5, 5.41) is 7.24. The van der Waals surface area contributed by atoms with Crippen molar-refractivity contribution in [2.24, 2.45) is 5.92 Å². The number of amides is 1. The molecular formula is C18H24N4O. The van der Waals surface area contributed by atoms with Gasteiger partial charge in [-0.05, 0) is 57.0 Å². The summed E-state index contributed by atoms with van der Waals surface area (Å²) in [6.45, 7) is 5.46. The van der Waals surface area contributed by atoms with E-state index in [-0.39, 0.29) is 5.91 Å². The van der Waals surface area contributed by atoms with E-state index in [0.717, 1.165) is 38.2 Å². The molecule has 2 aromatic rings. The zero-order valence-electron chi connectivity index (χ0n) is 13.6. The number of carbonyl (C=O) groups excluding carboxylic acids is 1. The van der Waals surface area contributed by atoms with Crippen molar-refractivity contribution in [3.63, 3.8) is 0 Å². The molecule has 1 aromatic heterocycles. The Morgan fingerprint density at radius 3 is 2.65 bits per heavy atom. The summed E-state index contributed by atoms with van der Waals surface area (Å²) in [7, 11) is 0. The van der Waals surface area contributed by atoms with E-state index in [1.54, 1.807) is 0 Å². The van der Waals surface area contributed by atoms with Crippen LogP contribution in [0.1, 0.15) is 18.4 Å². The number of likely N-dealkylation sites (tertiary alicyclic amines) is 1. The number of nitrogens with one attached hydrogen (secondary N) is 1. The molecule has 5 heteroatoms. The second-order valence-electron chi connectivity index (χ2n) is 6.36. The molecule has 0 spiro atoms. The van der Waals surface area contributed by atoms with E-state index in [1.807, 2.05) is 54.3 Å². The van der Waals surface area contributed by atoms with Gasteiger partial charge < -0.3 is 5.32 Å². The number of nitrogens with zero attached hydrogens (tertiary/aromatic N) is 3. The fourth-order valence-electron chi connectivity index (χ4n) is 3.04. The van der Waals surface area contributed by atoms with E-state index in [1.165, 1.54) is 5.56 Å². The Hall–Kier alpha value is -2.14. The molecule has 0 radical (unpaired) electrons. The van der Waals surface area contributed by atoms with Crippen molar-refractivity contribution in [2.75, 3.05) is 25.0 Å². The van der Waals surface area contributed by atoms with E-state index in [0.29, 0.717) is 12.5 Å². The molecular weight excluding hydrogens is 288 g/mol. The lowest BCUT2D eigenvalue weighted by Gasteiger charge is -2.31. The third kappa shape index (κ3) is 4.66. The summed E-state index contributed by atoms with van der Waals surface area (Å²) in [6, 6.07) is 9.88. The van der Waals surface area contributed by atoms with Crippen LogP contribution < -0.4 is 5.32 Å². The highest BCUT2D eigenvalue weighted by molar-refractivity contribution is 5.92. The van der Waals surface area contributed by atoms with Crippen molar-refractivity contribution in [1.82, 2.24) is 14.7 Å². The van der Waals surface area contributed by atoms with Gasteiger partial charge in [-0.25, -0.2) is 0 Å². The van der Waals surface area contributed by atoms with Crippen LogP contribution in [0.4, 0.5) is 5.69 Å². The first kappa shape index (κ1) is 15.7. The Balaban J connectivity index is 1.41. The van der Waals surface area contributed by atoms with Crippen molar-refractivity contribution < 1.29 is 4.79 Å². The van der Waals surface area contributed by atoms with E-state index >= 15 is 0 Å². The first-order valence-corrected chi connectivity index (χ1v) is 8.25. The normalized spacial score (nSPS) is 16.4. The molecule has 2 heterocycles. The van der Waals surface area contributed by atoms with Gasteiger partial charge in [-0.15, -0.1) is 0 Å². The van der Waals surface area contributed by atoms with Crippen LogP contribution in [-0.2, 0) is 11.3 Å². The topological polar surface area (TPSA) is 50.2 Å². The average Bonchev–Trinajstić information content (AvgIpc) is 3.04. The summed E-state index contributed by atoms with van der Waals surface area (Å²) in [5.74, 6) is 0.727. The predicted octanol–water partition coefficient (Wildman–Crippen LogP) is 2.54. The fourth-order valence-corrected chi connectivity index (χ4v) is 3.04. The molecule has 0 atom stereocenters. The van der Waals surface area contributed by atoms with Crippen LogP contribution in [-0.4, -0.2) is 40.2 Å². The van der Waals surface area contributed by atoms with Crippen LogP contribution in [0.3, 0.4) is 0 Å². The molecule has 0 bridgehead atoms. The summed E-state index contributed by atoms with van der Waals surface area (Å²) >= 11 is 0. The smallest absolute Gasteiger partial charge is 0.238 e. The minimum Gasteiger partial charge on any atom is -0.325 e. The number of benzene rings is 1. The molecule has 1 amide bonds. The lowest BCUT2D eigenvalue weighted by atomic mass is 9.97. The molecule has 5 nitrogen and oxygen atoms in total. The Morgan fingerprint density at radius 2 is 2.00 bits per heavy atom. The molecule has 1 aliphatic rings. The molecule has 0 unspecified atom stereocenters. The number of anilines is 1. The van der Waals surface area contributed by atoms with Gasteiger partial charge in [-0.2, -0.15) is 5.10 Å². The lowest BCUT2D eigenvalue weighted by molar-refractivity contribution is -0.117. The van der Waals surface area contributed by atoms with Gasteiger partial charge in [0.2, 0.25) is 5.91 Å². The van der Waals surface area contributed by atoms with Crippen LogP contribution in [0.25, 0.3) is 0 Å². The minimum atomic E-state index is 0.0689. The number of hydrogen-bond acceptors (Lipinski definition) is 3. The maximum Gasteiger partial charge on any atom is 0.238 e. The zero-order chi connectivity index (χ0) is 16.1. The number of aromatic nitrogens is 2. The Kier molecular flexibility index (Phi) is 5.08. The van der Waals surface area contributed by atoms with Gasteiger partial charge in [0.25, 0.3) is 0 Å². The molecule has 1 fully saturated rings. The molecule has 1 aromatic carbocycles. The van der Waals surface area contributed by atoms with E-state index < -0.39 is 0 Å². The Bertz CT molecular complexity index is 613. The van der Waals surface area contributed by atoms with Gasteiger partial charge in [0, 0.05) is 24.6 Å². The molecule has 1 N–H and O–H groups in total. The highest BCUT2D eigenvalue weighted by Crippen LogP contribution is 2.18. The molecule has 1 aliphatic heterocycles. The van der Waals surface area contributed by atoms with Crippen LogP contribution >= 0.6 is 0 Å². The number of hydrogen-bond donors (Lipinski definition) is 1. The monoisotopic (exact) mass is 312 g/mol. The van der Waals surface area contributed by atoms with Crippen LogP contribution in [0, 0.1) is 12.8 Å². The second-order valence-corrected chi connectivity index (χ2v) is 6.36. The fraction of sp³-hybridized carbons (Fsp3) is 0.444. The maximum atomic E-state index is 12.1. The van der Waals surface area contributed by atoms with Crippen LogP contribution in [0.2, 0.25) is 0 Å². The third-order valence-corrected chi connectivity index (χ3v) is 4.41. The Labute approximate surface area is 137 Å². The third-order valence-electron chi connectivity index (χ3n) is 4.41. The summed E-state index contributed by atoms with van der Waals surface area (Å²) < 4.78 is 2.00. The van der Waals surface area contributed by atoms with E-state index in [2.05, 4.69) is 15.3 Å². The van der Waals surface area contributed by atoms with Crippen molar-refractivity contribution in [3.05, 3.63) is 48.3 Å². The second kappa shape index (κ2) is 7.42. The van der Waals surface area contributed by atoms with Crippen molar-refractivity contribution >= 4 is 11.6 Å². The number of rotatable bonds is 5. The molecule has 1 saturated heterocycles. The number of piperidine rings is 1. The van der Waals surface area contributed by atoms with Crippen molar-refractivity contribution in [2.45, 2.75) is 26.3 Å². The first-order valence-electron chi connectivity index (χ1n) is 8.25. The number of carbonyl (C=O) groups is 1. The van der Waals surface area contributed by atoms with Gasteiger partial charge in [-0.3, -0.25) is 14.4 Å². The molecule has 0 aliphatic carbocycles. The number of aryl methyl sites for hydroxylation is 1. The van der Waals surface area contributed by atoms with Gasteiger partial charge in [0.1, 0.15) is 0 Å². The van der Waals surface area contributed by atoms with Gasteiger partial charge in [0.15, 0.2) is 0 Å². The van der Waals surface area contributed by atoms with Crippen molar-refractivity contribution in [1.29, 1.82) is 0 Å². The largest absolute Gasteiger partial charge is 0.325 e. The van der Waals surface area contributed by atoms with E-state index in [9.17, 15) is 4.79 Å². The zero-order valence-corrected chi connectivity index (χ0v) is 13.6. The van der Waals surface area contributed by atoms with Crippen LogP contribution in [0.5, 0.6) is 0 Å². The maximum absolute atomic E-state index is 12.1. The molecule has 3 rings (SSSR count). The minimum absolute atomic E-state index is 0.0689. The first-order chi connectivity index (χ1) is 11.2. The predicted molar refractivity (Wildman–Crippen MR) is 91.2 cm³/mol. The highest BCUT2D eigenvalue weighted by Gasteiger charge is 2.21. The lowest BCUT2D eigenvalue weighted by Crippen LogP contribution is -2.40. The Morgan fingerprint density at radius 1 is 1.26 bits per heavy atom. The summed E-state index contributed by atoms with van der Waals surface area (Å²) in [6.07, 6.45) is 6.08.